The van der Waals surface area contributed by atoms with Crippen LogP contribution in [0.25, 0.3) is 0 Å². The second kappa shape index (κ2) is 15.8. The van der Waals surface area contributed by atoms with Gasteiger partial charge in [-0.25, -0.2) is 0 Å². The first-order valence-electron chi connectivity index (χ1n) is 12.2. The highest BCUT2D eigenvalue weighted by molar-refractivity contribution is 5.60. The van der Waals surface area contributed by atoms with Crippen LogP contribution in [0.5, 0.6) is 0 Å². The topological polar surface area (TPSA) is 17.1 Å². The molecular weight excluding hydrogens is 340 g/mol. The molecule has 1 heteroatoms. The molecule has 1 aromatic carbocycles. The zero-order valence-corrected chi connectivity index (χ0v) is 19.1. The van der Waals surface area contributed by atoms with Gasteiger partial charge in [0.15, 0.2) is 0 Å². The number of unbranched alkanes of at least 4 members (excludes halogenated alkanes) is 10. The van der Waals surface area contributed by atoms with Crippen LogP contribution in [0.15, 0.2) is 30.3 Å². The molecule has 0 aliphatic rings. The highest BCUT2D eigenvalue weighted by atomic mass is 16.1. The molecule has 0 radical (unpaired) electrons. The van der Waals surface area contributed by atoms with E-state index in [-0.39, 0.29) is 5.41 Å². The van der Waals surface area contributed by atoms with Gasteiger partial charge in [0.1, 0.15) is 6.29 Å². The minimum absolute atomic E-state index is 0.145. The molecule has 0 saturated carbocycles. The van der Waals surface area contributed by atoms with E-state index in [0.717, 1.165) is 19.3 Å². The smallest absolute Gasteiger partial charge is 0.126 e. The van der Waals surface area contributed by atoms with Gasteiger partial charge in [-0.15, -0.1) is 0 Å². The molecule has 0 spiro atoms. The van der Waals surface area contributed by atoms with E-state index in [0.29, 0.717) is 5.92 Å². The molecule has 0 bridgehead atoms. The molecule has 0 aliphatic carbocycles. The van der Waals surface area contributed by atoms with Gasteiger partial charge in [-0.1, -0.05) is 122 Å². The molecule has 1 nitrogen and oxygen atoms in total. The minimum atomic E-state index is -0.145. The first-order chi connectivity index (χ1) is 13.7. The summed E-state index contributed by atoms with van der Waals surface area (Å²) in [6.07, 6.45) is 20.6. The lowest BCUT2D eigenvalue weighted by atomic mass is 9.68. The van der Waals surface area contributed by atoms with Gasteiger partial charge >= 0.3 is 0 Å². The Labute approximate surface area is 175 Å². The fourth-order valence-electron chi connectivity index (χ4n) is 4.64. The van der Waals surface area contributed by atoms with E-state index in [1.165, 1.54) is 88.9 Å². The Morgan fingerprint density at radius 2 is 1.25 bits per heavy atom. The third kappa shape index (κ3) is 9.39. The van der Waals surface area contributed by atoms with Gasteiger partial charge in [0, 0.05) is 5.41 Å². The van der Waals surface area contributed by atoms with Gasteiger partial charge in [0.05, 0.1) is 0 Å². The van der Waals surface area contributed by atoms with Crippen molar-refractivity contribution in [2.24, 2.45) is 11.3 Å². The van der Waals surface area contributed by atoms with Crippen LogP contribution in [0, 0.1) is 11.3 Å². The number of rotatable bonds is 18. The van der Waals surface area contributed by atoms with E-state index in [1.807, 2.05) is 0 Å². The number of carbonyl (C=O) groups is 1. The summed E-state index contributed by atoms with van der Waals surface area (Å²) in [5.41, 5.74) is 1.23. The summed E-state index contributed by atoms with van der Waals surface area (Å²) < 4.78 is 0. The molecule has 0 amide bonds. The molecule has 0 heterocycles. The van der Waals surface area contributed by atoms with Gasteiger partial charge in [0.25, 0.3) is 0 Å². The molecule has 0 N–H and O–H groups in total. The van der Waals surface area contributed by atoms with Crippen LogP contribution < -0.4 is 0 Å². The number of carbonyl (C=O) groups excluding carboxylic acids is 1. The highest BCUT2D eigenvalue weighted by Gasteiger charge is 2.34. The molecule has 1 aromatic rings. The summed E-state index contributed by atoms with van der Waals surface area (Å²) in [6.45, 7) is 6.66. The molecule has 160 valence electrons. The van der Waals surface area contributed by atoms with Crippen LogP contribution in [0.3, 0.4) is 0 Å². The van der Waals surface area contributed by atoms with Crippen molar-refractivity contribution in [1.82, 2.24) is 0 Å². The van der Waals surface area contributed by atoms with E-state index < -0.39 is 0 Å². The van der Waals surface area contributed by atoms with E-state index >= 15 is 0 Å². The van der Waals surface area contributed by atoms with Gasteiger partial charge < -0.3 is 4.79 Å². The number of aldehydes is 1. The van der Waals surface area contributed by atoms with Crippen molar-refractivity contribution in [3.63, 3.8) is 0 Å². The van der Waals surface area contributed by atoms with E-state index in [1.54, 1.807) is 0 Å². The Bertz CT molecular complexity index is 474. The molecule has 1 unspecified atom stereocenters. The fraction of sp³-hybridized carbons (Fsp3) is 0.741. The number of hydrogen-bond donors (Lipinski definition) is 0. The maximum absolute atomic E-state index is 12.0. The van der Waals surface area contributed by atoms with Crippen molar-refractivity contribution in [3.8, 4) is 0 Å². The molecule has 0 aromatic heterocycles. The van der Waals surface area contributed by atoms with Crippen LogP contribution in [-0.4, -0.2) is 6.29 Å². The average Bonchev–Trinajstić information content (AvgIpc) is 2.74. The Morgan fingerprint density at radius 1 is 0.750 bits per heavy atom. The van der Waals surface area contributed by atoms with Crippen LogP contribution in [0.1, 0.15) is 116 Å². The molecular formula is C27H46O. The third-order valence-electron chi connectivity index (χ3n) is 6.85. The quantitative estimate of drug-likeness (QED) is 0.182. The van der Waals surface area contributed by atoms with Crippen LogP contribution in [-0.2, 0) is 11.2 Å². The Morgan fingerprint density at radius 3 is 1.71 bits per heavy atom. The van der Waals surface area contributed by atoms with Crippen molar-refractivity contribution >= 4 is 6.29 Å². The van der Waals surface area contributed by atoms with Gasteiger partial charge in [-0.3, -0.25) is 0 Å². The van der Waals surface area contributed by atoms with Crippen LogP contribution >= 0.6 is 0 Å². The maximum atomic E-state index is 12.0. The lowest BCUT2D eigenvalue weighted by Gasteiger charge is -2.35. The Kier molecular flexibility index (Phi) is 14.0. The summed E-state index contributed by atoms with van der Waals surface area (Å²) in [5.74, 6) is 0.473. The molecule has 0 saturated heterocycles. The summed E-state index contributed by atoms with van der Waals surface area (Å²) in [7, 11) is 0. The minimum Gasteiger partial charge on any atom is -0.303 e. The van der Waals surface area contributed by atoms with Gasteiger partial charge in [-0.05, 0) is 37.2 Å². The van der Waals surface area contributed by atoms with E-state index in [9.17, 15) is 4.79 Å². The standard InChI is InChI=1S/C27H46O/c1-4-7-8-9-10-11-12-13-14-15-19-22-26(27(5-2,6-3)24-28)23-25-20-17-16-18-21-25/h16-18,20-21,24,26H,4-15,19,22-23H2,1-3H3. The largest absolute Gasteiger partial charge is 0.303 e. The molecule has 0 aliphatic heterocycles. The van der Waals surface area contributed by atoms with E-state index in [4.69, 9.17) is 0 Å². The molecule has 1 atom stereocenters. The second-order valence-electron chi connectivity index (χ2n) is 8.77. The van der Waals surface area contributed by atoms with Crippen molar-refractivity contribution in [2.75, 3.05) is 0 Å². The predicted octanol–water partition coefficient (Wildman–Crippen LogP) is 8.55. The molecule has 0 fully saturated rings. The summed E-state index contributed by atoms with van der Waals surface area (Å²) in [6, 6.07) is 10.8. The lowest BCUT2D eigenvalue weighted by molar-refractivity contribution is -0.119. The van der Waals surface area contributed by atoms with Crippen molar-refractivity contribution in [2.45, 2.75) is 117 Å². The van der Waals surface area contributed by atoms with Gasteiger partial charge in [0.2, 0.25) is 0 Å². The number of benzene rings is 1. The van der Waals surface area contributed by atoms with Crippen LogP contribution in [0.2, 0.25) is 0 Å². The van der Waals surface area contributed by atoms with Crippen LogP contribution in [0.4, 0.5) is 0 Å². The first-order valence-corrected chi connectivity index (χ1v) is 12.2. The van der Waals surface area contributed by atoms with E-state index in [2.05, 4.69) is 51.1 Å². The normalized spacial score (nSPS) is 12.8. The van der Waals surface area contributed by atoms with Crippen molar-refractivity contribution in [3.05, 3.63) is 35.9 Å². The maximum Gasteiger partial charge on any atom is 0.126 e. The zero-order chi connectivity index (χ0) is 20.5. The fourth-order valence-corrected chi connectivity index (χ4v) is 4.64. The summed E-state index contributed by atoms with van der Waals surface area (Å²) in [4.78, 5) is 12.0. The highest BCUT2D eigenvalue weighted by Crippen LogP contribution is 2.38. The second-order valence-corrected chi connectivity index (χ2v) is 8.77. The van der Waals surface area contributed by atoms with Crippen molar-refractivity contribution < 1.29 is 4.79 Å². The Hall–Kier alpha value is -1.11. The summed E-state index contributed by atoms with van der Waals surface area (Å²) in [5, 5.41) is 0. The molecule has 1 rings (SSSR count). The van der Waals surface area contributed by atoms with Crippen molar-refractivity contribution in [1.29, 1.82) is 0 Å². The summed E-state index contributed by atoms with van der Waals surface area (Å²) >= 11 is 0. The monoisotopic (exact) mass is 386 g/mol. The first kappa shape index (κ1) is 24.9. The predicted molar refractivity (Wildman–Crippen MR) is 124 cm³/mol. The number of hydrogen-bond acceptors (Lipinski definition) is 1. The average molecular weight is 387 g/mol. The zero-order valence-electron chi connectivity index (χ0n) is 19.1. The lowest BCUT2D eigenvalue weighted by Crippen LogP contribution is -2.32. The SMILES string of the molecule is CCCCCCCCCCCCCC(Cc1ccccc1)C(C=O)(CC)CC. The Balaban J connectivity index is 2.34. The van der Waals surface area contributed by atoms with Gasteiger partial charge in [-0.2, -0.15) is 0 Å². The molecule has 28 heavy (non-hydrogen) atoms. The third-order valence-corrected chi connectivity index (χ3v) is 6.85.